The summed E-state index contributed by atoms with van der Waals surface area (Å²) >= 11 is 0. The van der Waals surface area contributed by atoms with E-state index in [0.717, 1.165) is 31.2 Å². The van der Waals surface area contributed by atoms with Gasteiger partial charge in [-0.25, -0.2) is 0 Å². The molecule has 1 atom stereocenters. The molecule has 188 valence electrons. The van der Waals surface area contributed by atoms with E-state index in [0.29, 0.717) is 17.7 Å². The highest BCUT2D eigenvalue weighted by Gasteiger charge is 2.21. The average Bonchev–Trinajstić information content (AvgIpc) is 2.76. The van der Waals surface area contributed by atoms with Gasteiger partial charge in [0.1, 0.15) is 11.9 Å². The van der Waals surface area contributed by atoms with Gasteiger partial charge in [0.25, 0.3) is 0 Å². The minimum Gasteiger partial charge on any atom is -0.489 e. The number of unbranched alkanes of at least 4 members (excludes halogenated alkanes) is 11. The number of carbonyl (C=O) groups excluding carboxylic acids is 1. The maximum Gasteiger partial charge on any atom is 0.311 e. The SMILES string of the molecule is CCCCCCCC/C=C\CCCCCCCC(=O)Oc1ccc(CC(=O)O)c(C2C=CO2)c1. The van der Waals surface area contributed by atoms with Gasteiger partial charge in [0.15, 0.2) is 0 Å². The summed E-state index contributed by atoms with van der Waals surface area (Å²) in [7, 11) is 0. The van der Waals surface area contributed by atoms with Crippen LogP contribution in [0.25, 0.3) is 0 Å². The van der Waals surface area contributed by atoms with Gasteiger partial charge in [-0.2, -0.15) is 0 Å². The van der Waals surface area contributed by atoms with E-state index in [1.54, 1.807) is 24.5 Å². The van der Waals surface area contributed by atoms with Gasteiger partial charge in [-0.1, -0.05) is 76.5 Å². The number of rotatable bonds is 19. The molecule has 0 fully saturated rings. The molecule has 1 heterocycles. The normalized spacial score (nSPS) is 14.7. The van der Waals surface area contributed by atoms with Crippen LogP contribution in [0.2, 0.25) is 0 Å². The molecule has 1 N–H and O–H groups in total. The fourth-order valence-corrected chi connectivity index (χ4v) is 4.08. The zero-order valence-electron chi connectivity index (χ0n) is 20.8. The predicted octanol–water partition coefficient (Wildman–Crippen LogP) is 7.84. The molecule has 0 radical (unpaired) electrons. The first-order chi connectivity index (χ1) is 16.6. The maximum absolute atomic E-state index is 12.2. The number of hydrogen-bond donors (Lipinski definition) is 1. The first kappa shape index (κ1) is 27.7. The van der Waals surface area contributed by atoms with E-state index < -0.39 is 5.97 Å². The van der Waals surface area contributed by atoms with Gasteiger partial charge in [0, 0.05) is 12.0 Å². The van der Waals surface area contributed by atoms with Crippen LogP contribution in [0.3, 0.4) is 0 Å². The van der Waals surface area contributed by atoms with Crippen LogP contribution in [0.15, 0.2) is 42.7 Å². The molecule has 1 aliphatic heterocycles. The predicted molar refractivity (Wildman–Crippen MR) is 136 cm³/mol. The van der Waals surface area contributed by atoms with Gasteiger partial charge in [-0.15, -0.1) is 0 Å². The van der Waals surface area contributed by atoms with Crippen LogP contribution in [-0.2, 0) is 20.7 Å². The standard InChI is InChI=1S/C29H42O5/c1-2-3-4-5-6-7-8-9-10-11-12-13-14-15-16-17-29(32)34-25-19-18-24(22-28(30)31)26(23-25)27-20-21-33-27/h9-10,18-21,23,27H,2-8,11-17,22H2,1H3,(H,30,31)/b10-9-. The van der Waals surface area contributed by atoms with Gasteiger partial charge in [0.05, 0.1) is 12.7 Å². The first-order valence-corrected chi connectivity index (χ1v) is 13.1. The van der Waals surface area contributed by atoms with Gasteiger partial charge in [-0.3, -0.25) is 9.59 Å². The van der Waals surface area contributed by atoms with Crippen molar-refractivity contribution in [3.63, 3.8) is 0 Å². The second-order valence-corrected chi connectivity index (χ2v) is 9.12. The molecule has 1 aliphatic rings. The number of ether oxygens (including phenoxy) is 2. The summed E-state index contributed by atoms with van der Waals surface area (Å²) in [5, 5.41) is 9.09. The van der Waals surface area contributed by atoms with Crippen molar-refractivity contribution in [3.05, 3.63) is 53.8 Å². The zero-order valence-corrected chi connectivity index (χ0v) is 20.8. The lowest BCUT2D eigenvalue weighted by atomic mass is 9.98. The number of esters is 1. The third-order valence-corrected chi connectivity index (χ3v) is 6.12. The average molecular weight is 471 g/mol. The number of carboxylic acid groups (broad SMARTS) is 1. The van der Waals surface area contributed by atoms with E-state index in [4.69, 9.17) is 14.6 Å². The van der Waals surface area contributed by atoms with Crippen molar-refractivity contribution in [1.29, 1.82) is 0 Å². The molecule has 1 aromatic carbocycles. The maximum atomic E-state index is 12.2. The number of hydrogen-bond acceptors (Lipinski definition) is 4. The number of carbonyl (C=O) groups is 2. The molecule has 0 bridgehead atoms. The van der Waals surface area contributed by atoms with Crippen molar-refractivity contribution in [1.82, 2.24) is 0 Å². The molecule has 2 rings (SSSR count). The van der Waals surface area contributed by atoms with E-state index >= 15 is 0 Å². The molecular formula is C29H42O5. The summed E-state index contributed by atoms with van der Waals surface area (Å²) in [5.41, 5.74) is 1.40. The van der Waals surface area contributed by atoms with E-state index in [-0.39, 0.29) is 18.5 Å². The molecule has 0 saturated heterocycles. The summed E-state index contributed by atoms with van der Waals surface area (Å²) in [5.74, 6) is -0.719. The number of allylic oxidation sites excluding steroid dienone is 2. The lowest BCUT2D eigenvalue weighted by Crippen LogP contribution is -2.13. The highest BCUT2D eigenvalue weighted by atomic mass is 16.5. The minimum absolute atomic E-state index is 0.0911. The molecule has 0 aromatic heterocycles. The van der Waals surface area contributed by atoms with Crippen LogP contribution in [0.5, 0.6) is 5.75 Å². The van der Waals surface area contributed by atoms with Gasteiger partial charge in [0.2, 0.25) is 0 Å². The molecule has 34 heavy (non-hydrogen) atoms. The van der Waals surface area contributed by atoms with Crippen LogP contribution in [0.1, 0.15) is 114 Å². The molecule has 5 nitrogen and oxygen atoms in total. The molecule has 0 amide bonds. The van der Waals surface area contributed by atoms with Crippen molar-refractivity contribution in [3.8, 4) is 5.75 Å². The van der Waals surface area contributed by atoms with Crippen molar-refractivity contribution in [2.24, 2.45) is 0 Å². The topological polar surface area (TPSA) is 72.8 Å². The van der Waals surface area contributed by atoms with E-state index in [1.165, 1.54) is 57.8 Å². The van der Waals surface area contributed by atoms with Gasteiger partial charge < -0.3 is 14.6 Å². The zero-order chi connectivity index (χ0) is 24.4. The van der Waals surface area contributed by atoms with Gasteiger partial charge >= 0.3 is 11.9 Å². The Labute approximate surface area is 205 Å². The summed E-state index contributed by atoms with van der Waals surface area (Å²) in [4.78, 5) is 23.3. The van der Waals surface area contributed by atoms with Crippen LogP contribution < -0.4 is 4.74 Å². The van der Waals surface area contributed by atoms with E-state index in [2.05, 4.69) is 19.1 Å². The Bertz CT molecular complexity index is 796. The van der Waals surface area contributed by atoms with E-state index in [9.17, 15) is 9.59 Å². The third-order valence-electron chi connectivity index (χ3n) is 6.12. The van der Waals surface area contributed by atoms with Crippen LogP contribution >= 0.6 is 0 Å². The second kappa shape index (κ2) is 17.0. The first-order valence-electron chi connectivity index (χ1n) is 13.1. The Morgan fingerprint density at radius 3 is 2.15 bits per heavy atom. The Hall–Kier alpha value is -2.56. The summed E-state index contributed by atoms with van der Waals surface area (Å²) < 4.78 is 10.8. The Balaban J connectivity index is 1.53. The van der Waals surface area contributed by atoms with Gasteiger partial charge in [-0.05, 0) is 55.9 Å². The van der Waals surface area contributed by atoms with Crippen molar-refractivity contribution >= 4 is 11.9 Å². The van der Waals surface area contributed by atoms with Crippen LogP contribution in [-0.4, -0.2) is 17.0 Å². The lowest BCUT2D eigenvalue weighted by molar-refractivity contribution is -0.136. The van der Waals surface area contributed by atoms with E-state index in [1.807, 2.05) is 6.08 Å². The summed E-state index contributed by atoms with van der Waals surface area (Å²) in [6, 6.07) is 5.07. The quantitative estimate of drug-likeness (QED) is 0.0964. The lowest BCUT2D eigenvalue weighted by Gasteiger charge is -2.23. The molecular weight excluding hydrogens is 428 g/mol. The minimum atomic E-state index is -0.904. The molecule has 1 unspecified atom stereocenters. The Morgan fingerprint density at radius 1 is 0.941 bits per heavy atom. The third kappa shape index (κ3) is 11.5. The number of aliphatic carboxylic acids is 1. The molecule has 0 saturated carbocycles. The molecule has 1 aromatic rings. The fraction of sp³-hybridized carbons (Fsp3) is 0.586. The Kier molecular flexibility index (Phi) is 13.8. The monoisotopic (exact) mass is 470 g/mol. The summed E-state index contributed by atoms with van der Waals surface area (Å²) in [6.45, 7) is 2.25. The molecule has 5 heteroatoms. The van der Waals surface area contributed by atoms with Crippen molar-refractivity contribution in [2.45, 2.75) is 109 Å². The number of benzene rings is 1. The van der Waals surface area contributed by atoms with Crippen molar-refractivity contribution < 1.29 is 24.2 Å². The second-order valence-electron chi connectivity index (χ2n) is 9.12. The van der Waals surface area contributed by atoms with Crippen molar-refractivity contribution in [2.75, 3.05) is 0 Å². The molecule has 0 spiro atoms. The highest BCUT2D eigenvalue weighted by Crippen LogP contribution is 2.32. The van der Waals surface area contributed by atoms with Crippen LogP contribution in [0, 0.1) is 0 Å². The smallest absolute Gasteiger partial charge is 0.311 e. The summed E-state index contributed by atoms with van der Waals surface area (Å²) in [6.07, 6.45) is 24.0. The van der Waals surface area contributed by atoms with Crippen LogP contribution in [0.4, 0.5) is 0 Å². The molecule has 0 aliphatic carbocycles. The number of carboxylic acids is 1. The Morgan fingerprint density at radius 2 is 1.56 bits per heavy atom. The fourth-order valence-electron chi connectivity index (χ4n) is 4.08. The largest absolute Gasteiger partial charge is 0.489 e. The highest BCUT2D eigenvalue weighted by molar-refractivity contribution is 5.73.